The molecule has 94 valence electrons. The number of ether oxygens (including phenoxy) is 2. The third-order valence-corrected chi connectivity index (χ3v) is 2.69. The minimum Gasteiger partial charge on any atom is -0.397 e. The number of anilines is 4. The lowest BCUT2D eigenvalue weighted by Gasteiger charge is -2.29. The van der Waals surface area contributed by atoms with Crippen molar-refractivity contribution in [3.63, 3.8) is 0 Å². The minimum absolute atomic E-state index is 0.129. The van der Waals surface area contributed by atoms with Crippen LogP contribution in [0.25, 0.3) is 0 Å². The lowest BCUT2D eigenvalue weighted by atomic mass is 10.1. The molecule has 1 aromatic carbocycles. The van der Waals surface area contributed by atoms with Crippen LogP contribution in [0.1, 0.15) is 11.9 Å². The molecule has 0 bridgehead atoms. The standard InChI is InChI=1S/C10H17N5O2/c11-4-2-16-10(17-3-4)5-1-6(12)8(14)9(15)7(5)13/h1,4,10H,2-3,11-15H2. The summed E-state index contributed by atoms with van der Waals surface area (Å²) in [6.45, 7) is 0.794. The highest BCUT2D eigenvalue weighted by Gasteiger charge is 2.25. The average Bonchev–Trinajstić information content (AvgIpc) is 2.32. The maximum Gasteiger partial charge on any atom is 0.186 e. The Morgan fingerprint density at radius 2 is 1.53 bits per heavy atom. The fourth-order valence-electron chi connectivity index (χ4n) is 1.67. The second-order valence-electron chi connectivity index (χ2n) is 4.05. The Balaban J connectivity index is 2.33. The summed E-state index contributed by atoms with van der Waals surface area (Å²) in [4.78, 5) is 0. The zero-order chi connectivity index (χ0) is 12.6. The van der Waals surface area contributed by atoms with E-state index < -0.39 is 6.29 Å². The number of hydrogen-bond acceptors (Lipinski definition) is 7. The van der Waals surface area contributed by atoms with Gasteiger partial charge in [0.2, 0.25) is 0 Å². The van der Waals surface area contributed by atoms with Crippen molar-refractivity contribution in [3.05, 3.63) is 11.6 Å². The Kier molecular flexibility index (Phi) is 2.97. The van der Waals surface area contributed by atoms with Crippen molar-refractivity contribution in [2.24, 2.45) is 5.73 Å². The third-order valence-electron chi connectivity index (χ3n) is 2.69. The van der Waals surface area contributed by atoms with E-state index in [4.69, 9.17) is 38.1 Å². The van der Waals surface area contributed by atoms with Gasteiger partial charge in [0.1, 0.15) is 0 Å². The smallest absolute Gasteiger partial charge is 0.186 e. The molecule has 0 aromatic heterocycles. The molecule has 0 saturated carbocycles. The van der Waals surface area contributed by atoms with E-state index in [1.165, 1.54) is 0 Å². The Morgan fingerprint density at radius 1 is 0.941 bits per heavy atom. The average molecular weight is 239 g/mol. The number of nitrogen functional groups attached to an aromatic ring is 4. The Morgan fingerprint density at radius 3 is 2.12 bits per heavy atom. The molecule has 17 heavy (non-hydrogen) atoms. The van der Waals surface area contributed by atoms with Crippen LogP contribution in [0.15, 0.2) is 6.07 Å². The molecule has 0 amide bonds. The number of nitrogens with two attached hydrogens (primary N) is 5. The van der Waals surface area contributed by atoms with E-state index in [9.17, 15) is 0 Å². The van der Waals surface area contributed by atoms with Crippen LogP contribution in [0, 0.1) is 0 Å². The highest BCUT2D eigenvalue weighted by Crippen LogP contribution is 2.37. The van der Waals surface area contributed by atoms with E-state index in [-0.39, 0.29) is 17.4 Å². The fraction of sp³-hybridized carbons (Fsp3) is 0.400. The Labute approximate surface area is 98.8 Å². The molecule has 1 fully saturated rings. The molecule has 0 radical (unpaired) electrons. The van der Waals surface area contributed by atoms with Crippen molar-refractivity contribution < 1.29 is 9.47 Å². The number of hydrogen-bond donors (Lipinski definition) is 5. The maximum atomic E-state index is 5.87. The molecule has 2 rings (SSSR count). The van der Waals surface area contributed by atoms with Crippen molar-refractivity contribution >= 4 is 22.7 Å². The molecule has 0 aliphatic carbocycles. The van der Waals surface area contributed by atoms with Crippen LogP contribution in [-0.2, 0) is 9.47 Å². The summed E-state index contributed by atoms with van der Waals surface area (Å²) in [5.41, 5.74) is 30.5. The first-order valence-electron chi connectivity index (χ1n) is 5.22. The lowest BCUT2D eigenvalue weighted by Crippen LogP contribution is -2.38. The molecule has 1 aliphatic rings. The van der Waals surface area contributed by atoms with Gasteiger partial charge in [-0.25, -0.2) is 0 Å². The highest BCUT2D eigenvalue weighted by molar-refractivity contribution is 5.88. The largest absolute Gasteiger partial charge is 0.397 e. The summed E-state index contributed by atoms with van der Waals surface area (Å²) in [5, 5.41) is 0. The molecule has 1 aromatic rings. The monoisotopic (exact) mass is 239 g/mol. The second-order valence-corrected chi connectivity index (χ2v) is 4.05. The molecule has 1 aliphatic heterocycles. The number of benzene rings is 1. The third kappa shape index (κ3) is 2.07. The summed E-state index contributed by atoms with van der Waals surface area (Å²) < 4.78 is 10.9. The van der Waals surface area contributed by atoms with Gasteiger partial charge < -0.3 is 38.1 Å². The van der Waals surface area contributed by atoms with Crippen molar-refractivity contribution in [3.8, 4) is 0 Å². The van der Waals surface area contributed by atoms with Crippen LogP contribution >= 0.6 is 0 Å². The van der Waals surface area contributed by atoms with Crippen LogP contribution in [0.3, 0.4) is 0 Å². The van der Waals surface area contributed by atoms with Gasteiger partial charge in [-0.15, -0.1) is 0 Å². The van der Waals surface area contributed by atoms with Crippen molar-refractivity contribution in [2.45, 2.75) is 12.3 Å². The molecule has 7 heteroatoms. The highest BCUT2D eigenvalue weighted by atomic mass is 16.7. The van der Waals surface area contributed by atoms with Crippen molar-refractivity contribution in [2.75, 3.05) is 36.1 Å². The number of rotatable bonds is 1. The molecule has 1 heterocycles. The molecule has 1 saturated heterocycles. The van der Waals surface area contributed by atoms with Gasteiger partial charge in [-0.3, -0.25) is 0 Å². The van der Waals surface area contributed by atoms with Crippen LogP contribution in [0.5, 0.6) is 0 Å². The summed E-state index contributed by atoms with van der Waals surface area (Å²) in [5.74, 6) is 0. The van der Waals surface area contributed by atoms with Crippen molar-refractivity contribution in [1.82, 2.24) is 0 Å². The van der Waals surface area contributed by atoms with Crippen LogP contribution in [0.2, 0.25) is 0 Å². The summed E-state index contributed by atoms with van der Waals surface area (Å²) >= 11 is 0. The van der Waals surface area contributed by atoms with E-state index in [0.29, 0.717) is 30.2 Å². The van der Waals surface area contributed by atoms with Gasteiger partial charge in [-0.05, 0) is 6.07 Å². The van der Waals surface area contributed by atoms with E-state index in [1.807, 2.05) is 0 Å². The van der Waals surface area contributed by atoms with Gasteiger partial charge >= 0.3 is 0 Å². The summed E-state index contributed by atoms with van der Waals surface area (Å²) in [7, 11) is 0. The maximum absolute atomic E-state index is 5.87. The predicted octanol–water partition coefficient (Wildman–Crippen LogP) is -0.612. The summed E-state index contributed by atoms with van der Waals surface area (Å²) in [6, 6.07) is 1.48. The first-order valence-corrected chi connectivity index (χ1v) is 5.22. The van der Waals surface area contributed by atoms with Gasteiger partial charge in [-0.1, -0.05) is 0 Å². The van der Waals surface area contributed by atoms with Gasteiger partial charge in [-0.2, -0.15) is 0 Å². The predicted molar refractivity (Wildman–Crippen MR) is 66.7 cm³/mol. The second kappa shape index (κ2) is 4.28. The quantitative estimate of drug-likeness (QED) is 0.410. The molecule has 10 N–H and O–H groups in total. The van der Waals surface area contributed by atoms with Gasteiger partial charge in [0.15, 0.2) is 6.29 Å². The van der Waals surface area contributed by atoms with Gasteiger partial charge in [0.05, 0.1) is 42.0 Å². The van der Waals surface area contributed by atoms with Gasteiger partial charge in [0, 0.05) is 5.56 Å². The normalized spacial score (nSPS) is 24.8. The Hall–Kier alpha value is -1.70. The SMILES string of the molecule is Nc1cc(C2OCC(N)CO2)c(N)c(N)c1N. The van der Waals surface area contributed by atoms with E-state index in [0.717, 1.165) is 0 Å². The van der Waals surface area contributed by atoms with Crippen LogP contribution in [-0.4, -0.2) is 19.3 Å². The topological polar surface area (TPSA) is 149 Å². The fourth-order valence-corrected chi connectivity index (χ4v) is 1.67. The molecule has 0 atom stereocenters. The van der Waals surface area contributed by atoms with Crippen molar-refractivity contribution in [1.29, 1.82) is 0 Å². The first kappa shape index (κ1) is 11.8. The van der Waals surface area contributed by atoms with E-state index in [1.54, 1.807) is 6.07 Å². The zero-order valence-corrected chi connectivity index (χ0v) is 9.35. The molecule has 0 spiro atoms. The molecular weight excluding hydrogens is 222 g/mol. The lowest BCUT2D eigenvalue weighted by molar-refractivity contribution is -0.189. The first-order chi connectivity index (χ1) is 8.00. The van der Waals surface area contributed by atoms with E-state index in [2.05, 4.69) is 0 Å². The molecular formula is C10H17N5O2. The van der Waals surface area contributed by atoms with E-state index >= 15 is 0 Å². The molecule has 0 unspecified atom stereocenters. The Bertz CT molecular complexity index is 429. The minimum atomic E-state index is -0.597. The summed E-state index contributed by atoms with van der Waals surface area (Å²) in [6.07, 6.45) is -0.597. The van der Waals surface area contributed by atoms with Crippen LogP contribution in [0.4, 0.5) is 22.7 Å². The zero-order valence-electron chi connectivity index (χ0n) is 9.35. The van der Waals surface area contributed by atoms with Gasteiger partial charge in [0.25, 0.3) is 0 Å². The van der Waals surface area contributed by atoms with Crippen LogP contribution < -0.4 is 28.7 Å². The molecule has 7 nitrogen and oxygen atoms in total.